The molecule has 2 aromatic rings. The summed E-state index contributed by atoms with van der Waals surface area (Å²) in [5.41, 5.74) is 0.346. The second kappa shape index (κ2) is 10.1. The van der Waals surface area contributed by atoms with E-state index < -0.39 is 21.9 Å². The summed E-state index contributed by atoms with van der Waals surface area (Å²) in [5.74, 6) is -0.864. The molecule has 2 aromatic carbocycles. The smallest absolute Gasteiger partial charge is 0.243 e. The zero-order chi connectivity index (χ0) is 22.6. The summed E-state index contributed by atoms with van der Waals surface area (Å²) in [6, 6.07) is 12.4. The summed E-state index contributed by atoms with van der Waals surface area (Å²) < 4.78 is 41.3. The average Bonchev–Trinajstić information content (AvgIpc) is 2.76. The lowest BCUT2D eigenvalue weighted by atomic mass is 9.97. The van der Waals surface area contributed by atoms with E-state index in [9.17, 15) is 17.6 Å². The molecule has 1 aliphatic heterocycles. The standard InChI is InChI=1S/C22H27ClFN3O3S/c1-26(2)20(21-18(23)9-6-10-19(21)24)15-25-22(28)16-11-13-27(14-12-16)31(29,30)17-7-4-3-5-8-17/h3-10,16,20H,11-15H2,1-2H3,(H,25,28). The van der Waals surface area contributed by atoms with Gasteiger partial charge in [-0.25, -0.2) is 12.8 Å². The molecule has 1 saturated heterocycles. The van der Waals surface area contributed by atoms with E-state index in [0.717, 1.165) is 0 Å². The molecule has 9 heteroatoms. The number of carbonyl (C=O) groups is 1. The van der Waals surface area contributed by atoms with E-state index in [-0.39, 0.29) is 36.4 Å². The lowest BCUT2D eigenvalue weighted by molar-refractivity contribution is -0.126. The zero-order valence-electron chi connectivity index (χ0n) is 17.6. The molecule has 6 nitrogen and oxygen atoms in total. The maximum atomic E-state index is 14.3. The fourth-order valence-electron chi connectivity index (χ4n) is 3.81. The summed E-state index contributed by atoms with van der Waals surface area (Å²) in [4.78, 5) is 14.8. The predicted octanol–water partition coefficient (Wildman–Crippen LogP) is 3.30. The molecule has 1 fully saturated rings. The number of sulfonamides is 1. The van der Waals surface area contributed by atoms with Gasteiger partial charge in [-0.2, -0.15) is 4.31 Å². The van der Waals surface area contributed by atoms with E-state index in [2.05, 4.69) is 5.32 Å². The molecule has 31 heavy (non-hydrogen) atoms. The Labute approximate surface area is 188 Å². The van der Waals surface area contributed by atoms with Gasteiger partial charge in [0.15, 0.2) is 0 Å². The minimum Gasteiger partial charge on any atom is -0.354 e. The molecular weight excluding hydrogens is 441 g/mol. The van der Waals surface area contributed by atoms with Crippen LogP contribution in [-0.2, 0) is 14.8 Å². The van der Waals surface area contributed by atoms with Gasteiger partial charge in [0.05, 0.1) is 10.9 Å². The summed E-state index contributed by atoms with van der Waals surface area (Å²) in [6.45, 7) is 0.770. The van der Waals surface area contributed by atoms with E-state index in [1.165, 1.54) is 10.4 Å². The Balaban J connectivity index is 1.60. The first-order chi connectivity index (χ1) is 14.7. The topological polar surface area (TPSA) is 69.7 Å². The lowest BCUT2D eigenvalue weighted by Crippen LogP contribution is -2.44. The van der Waals surface area contributed by atoms with Crippen LogP contribution in [0.15, 0.2) is 53.4 Å². The van der Waals surface area contributed by atoms with Gasteiger partial charge >= 0.3 is 0 Å². The largest absolute Gasteiger partial charge is 0.354 e. The van der Waals surface area contributed by atoms with Crippen LogP contribution in [0, 0.1) is 11.7 Å². The zero-order valence-corrected chi connectivity index (χ0v) is 19.2. The van der Waals surface area contributed by atoms with Crippen LogP contribution in [0.4, 0.5) is 4.39 Å². The molecule has 3 rings (SSSR count). The molecule has 168 valence electrons. The number of benzene rings is 2. The fourth-order valence-corrected chi connectivity index (χ4v) is 5.59. The van der Waals surface area contributed by atoms with Gasteiger partial charge in [0.2, 0.25) is 15.9 Å². The monoisotopic (exact) mass is 467 g/mol. The highest BCUT2D eigenvalue weighted by molar-refractivity contribution is 7.89. The highest BCUT2D eigenvalue weighted by atomic mass is 35.5. The molecule has 0 aliphatic carbocycles. The van der Waals surface area contributed by atoms with Gasteiger partial charge in [-0.05, 0) is 51.2 Å². The van der Waals surface area contributed by atoms with Crippen molar-refractivity contribution < 1.29 is 17.6 Å². The summed E-state index contributed by atoms with van der Waals surface area (Å²) in [7, 11) is 0.0412. The van der Waals surface area contributed by atoms with Gasteiger partial charge in [-0.3, -0.25) is 4.79 Å². The van der Waals surface area contributed by atoms with Crippen LogP contribution < -0.4 is 5.32 Å². The number of nitrogens with zero attached hydrogens (tertiary/aromatic N) is 2. The second-order valence-electron chi connectivity index (χ2n) is 7.85. The van der Waals surface area contributed by atoms with Crippen LogP contribution >= 0.6 is 11.6 Å². The maximum absolute atomic E-state index is 14.3. The number of halogens is 2. The van der Waals surface area contributed by atoms with E-state index in [0.29, 0.717) is 23.4 Å². The van der Waals surface area contributed by atoms with Crippen LogP contribution in [0.5, 0.6) is 0 Å². The average molecular weight is 468 g/mol. The van der Waals surface area contributed by atoms with E-state index in [4.69, 9.17) is 11.6 Å². The predicted molar refractivity (Wildman–Crippen MR) is 119 cm³/mol. The van der Waals surface area contributed by atoms with Crippen molar-refractivity contribution in [1.29, 1.82) is 0 Å². The van der Waals surface area contributed by atoms with Crippen molar-refractivity contribution in [1.82, 2.24) is 14.5 Å². The SMILES string of the molecule is CN(C)C(CNC(=O)C1CCN(S(=O)(=O)c2ccccc2)CC1)c1c(F)cccc1Cl. The maximum Gasteiger partial charge on any atom is 0.243 e. The number of hydrogen-bond donors (Lipinski definition) is 1. The number of nitrogens with one attached hydrogen (secondary N) is 1. The first-order valence-electron chi connectivity index (χ1n) is 10.1. The molecule has 0 radical (unpaired) electrons. The molecule has 1 N–H and O–H groups in total. The molecule has 1 aliphatic rings. The van der Waals surface area contributed by atoms with Crippen LogP contribution in [0.1, 0.15) is 24.4 Å². The van der Waals surface area contributed by atoms with Crippen molar-refractivity contribution >= 4 is 27.5 Å². The van der Waals surface area contributed by atoms with Gasteiger partial charge < -0.3 is 10.2 Å². The molecule has 0 saturated carbocycles. The third-order valence-corrected chi connectivity index (χ3v) is 7.87. The van der Waals surface area contributed by atoms with Crippen LogP contribution in [0.25, 0.3) is 0 Å². The van der Waals surface area contributed by atoms with Crippen molar-refractivity contribution in [3.8, 4) is 0 Å². The molecule has 1 amide bonds. The van der Waals surface area contributed by atoms with Gasteiger partial charge in [-0.15, -0.1) is 0 Å². The summed E-state index contributed by atoms with van der Waals surface area (Å²) >= 11 is 6.20. The first-order valence-corrected chi connectivity index (χ1v) is 12.0. The van der Waals surface area contributed by atoms with Crippen molar-refractivity contribution in [2.45, 2.75) is 23.8 Å². The van der Waals surface area contributed by atoms with Gasteiger partial charge in [0.25, 0.3) is 0 Å². The number of hydrogen-bond acceptors (Lipinski definition) is 4. The number of amides is 1. The highest BCUT2D eigenvalue weighted by Crippen LogP contribution is 2.29. The summed E-state index contributed by atoms with van der Waals surface area (Å²) in [5, 5.41) is 3.21. The Kier molecular flexibility index (Phi) is 7.69. The Morgan fingerprint density at radius 1 is 1.16 bits per heavy atom. The minimum atomic E-state index is -3.56. The second-order valence-corrected chi connectivity index (χ2v) is 10.2. The van der Waals surface area contributed by atoms with Crippen LogP contribution in [0.3, 0.4) is 0 Å². The quantitative estimate of drug-likeness (QED) is 0.678. The number of carbonyl (C=O) groups excluding carboxylic acids is 1. The Morgan fingerprint density at radius 3 is 2.39 bits per heavy atom. The first kappa shape index (κ1) is 23.7. The van der Waals surface area contributed by atoms with Crippen LogP contribution in [0.2, 0.25) is 5.02 Å². The van der Waals surface area contributed by atoms with Crippen LogP contribution in [-0.4, -0.2) is 57.3 Å². The number of piperidine rings is 1. The molecule has 1 atom stereocenters. The van der Waals surface area contributed by atoms with Gasteiger partial charge in [-0.1, -0.05) is 35.9 Å². The molecule has 0 spiro atoms. The van der Waals surface area contributed by atoms with E-state index in [1.807, 2.05) is 0 Å². The number of likely N-dealkylation sites (N-methyl/N-ethyl adjacent to an activating group) is 1. The normalized spacial score (nSPS) is 16.9. The molecule has 0 aromatic heterocycles. The van der Waals surface area contributed by atoms with Crippen molar-refractivity contribution in [3.05, 3.63) is 64.9 Å². The van der Waals surface area contributed by atoms with Crippen molar-refractivity contribution in [2.24, 2.45) is 5.92 Å². The summed E-state index contributed by atoms with van der Waals surface area (Å²) in [6.07, 6.45) is 0.871. The Morgan fingerprint density at radius 2 is 1.81 bits per heavy atom. The Bertz CT molecular complexity index is 990. The van der Waals surface area contributed by atoms with Gasteiger partial charge in [0.1, 0.15) is 5.82 Å². The molecular formula is C22H27ClFN3O3S. The molecule has 1 unspecified atom stereocenters. The third kappa shape index (κ3) is 5.44. The Hall–Kier alpha value is -2.00. The van der Waals surface area contributed by atoms with E-state index in [1.54, 1.807) is 61.5 Å². The fraction of sp³-hybridized carbons (Fsp3) is 0.409. The van der Waals surface area contributed by atoms with Gasteiger partial charge in [0, 0.05) is 36.1 Å². The number of rotatable bonds is 7. The highest BCUT2D eigenvalue weighted by Gasteiger charge is 2.32. The lowest BCUT2D eigenvalue weighted by Gasteiger charge is -2.31. The van der Waals surface area contributed by atoms with Crippen molar-refractivity contribution in [3.63, 3.8) is 0 Å². The minimum absolute atomic E-state index is 0.156. The third-order valence-electron chi connectivity index (χ3n) is 5.63. The van der Waals surface area contributed by atoms with Crippen molar-refractivity contribution in [2.75, 3.05) is 33.7 Å². The molecule has 1 heterocycles. The molecule has 0 bridgehead atoms. The van der Waals surface area contributed by atoms with E-state index >= 15 is 0 Å².